The number of carbonyl (C=O) groups is 1. The minimum atomic E-state index is -3.64. The van der Waals surface area contributed by atoms with Crippen LogP contribution in [0.1, 0.15) is 20.3 Å². The summed E-state index contributed by atoms with van der Waals surface area (Å²) in [5, 5.41) is 5.03. The number of carbonyl (C=O) groups excluding carboxylic acids is 1. The van der Waals surface area contributed by atoms with Crippen molar-refractivity contribution in [1.29, 1.82) is 0 Å². The Bertz CT molecular complexity index is 399. The van der Waals surface area contributed by atoms with Crippen LogP contribution in [0.25, 0.3) is 0 Å². The number of rotatable bonds is 4. The Balaban J connectivity index is 2.51. The molecule has 1 saturated heterocycles. The minimum absolute atomic E-state index is 0.0316. The summed E-state index contributed by atoms with van der Waals surface area (Å²) in [5.74, 6) is -0.0316. The van der Waals surface area contributed by atoms with Crippen LogP contribution in [-0.4, -0.2) is 62.4 Å². The second kappa shape index (κ2) is 5.52. The molecule has 0 unspecified atom stereocenters. The highest BCUT2D eigenvalue weighted by atomic mass is 32.2. The van der Waals surface area contributed by atoms with Crippen molar-refractivity contribution in [3.8, 4) is 0 Å². The van der Waals surface area contributed by atoms with Gasteiger partial charge in [-0.3, -0.25) is 4.79 Å². The molecule has 1 rings (SSSR count). The first-order valence-corrected chi connectivity index (χ1v) is 7.27. The van der Waals surface area contributed by atoms with E-state index in [9.17, 15) is 13.2 Å². The van der Waals surface area contributed by atoms with E-state index < -0.39 is 15.8 Å². The highest BCUT2D eigenvalue weighted by molar-refractivity contribution is 7.86. The van der Waals surface area contributed by atoms with Crippen LogP contribution in [0, 0.1) is 0 Å². The number of nitrogens with two attached hydrogens (primary N) is 1. The molecule has 2 N–H and O–H groups in total. The lowest BCUT2D eigenvalue weighted by Crippen LogP contribution is -2.53. The van der Waals surface area contributed by atoms with Crippen LogP contribution >= 0.6 is 0 Å². The van der Waals surface area contributed by atoms with Crippen LogP contribution in [0.15, 0.2) is 0 Å². The molecule has 1 heterocycles. The highest BCUT2D eigenvalue weighted by Crippen LogP contribution is 2.16. The zero-order valence-electron chi connectivity index (χ0n) is 11.0. The molecular weight excluding hydrogens is 258 g/mol. The highest BCUT2D eigenvalue weighted by Gasteiger charge is 2.29. The van der Waals surface area contributed by atoms with E-state index >= 15 is 0 Å². The van der Waals surface area contributed by atoms with Crippen LogP contribution in [-0.2, 0) is 19.7 Å². The van der Waals surface area contributed by atoms with Crippen molar-refractivity contribution in [2.45, 2.75) is 25.9 Å². The molecule has 1 amide bonds. The third-order valence-electron chi connectivity index (χ3n) is 3.08. The third-order valence-corrected chi connectivity index (χ3v) is 4.17. The zero-order chi connectivity index (χ0) is 14.0. The van der Waals surface area contributed by atoms with Crippen molar-refractivity contribution in [1.82, 2.24) is 9.21 Å². The zero-order valence-corrected chi connectivity index (χ0v) is 11.9. The Hall–Kier alpha value is -0.700. The quantitative estimate of drug-likeness (QED) is 0.725. The topological polar surface area (TPSA) is 92.9 Å². The van der Waals surface area contributed by atoms with Gasteiger partial charge in [0.05, 0.1) is 12.0 Å². The number of nitrogens with zero attached hydrogens (tertiary/aromatic N) is 2. The van der Waals surface area contributed by atoms with Gasteiger partial charge in [0.25, 0.3) is 10.2 Å². The summed E-state index contributed by atoms with van der Waals surface area (Å²) in [7, 11) is -2.08. The Morgan fingerprint density at radius 2 is 1.78 bits per heavy atom. The van der Waals surface area contributed by atoms with E-state index in [1.165, 1.54) is 4.31 Å². The number of ether oxygens (including phenoxy) is 1. The lowest BCUT2D eigenvalue weighted by molar-refractivity contribution is -0.137. The molecule has 1 fully saturated rings. The Labute approximate surface area is 108 Å². The summed E-state index contributed by atoms with van der Waals surface area (Å²) in [4.78, 5) is 13.6. The second-order valence-corrected chi connectivity index (χ2v) is 6.51. The maximum Gasteiger partial charge on any atom is 0.277 e. The smallest absolute Gasteiger partial charge is 0.277 e. The standard InChI is InChI=1S/C10H21N3O4S/c1-10(2,17-3)8-9(14)12-4-6-13(7-5-12)18(11,15)16/h4-8H2,1-3H3,(H2,11,15,16). The maximum atomic E-state index is 12.0. The van der Waals surface area contributed by atoms with Crippen molar-refractivity contribution >= 4 is 16.1 Å². The van der Waals surface area contributed by atoms with Gasteiger partial charge in [0, 0.05) is 33.3 Å². The van der Waals surface area contributed by atoms with Gasteiger partial charge in [-0.2, -0.15) is 12.7 Å². The van der Waals surface area contributed by atoms with Gasteiger partial charge in [-0.15, -0.1) is 0 Å². The molecule has 0 aliphatic carbocycles. The molecule has 0 aromatic carbocycles. The predicted octanol–water partition coefficient (Wildman–Crippen LogP) is -0.851. The Morgan fingerprint density at radius 1 is 1.28 bits per heavy atom. The van der Waals surface area contributed by atoms with E-state index in [2.05, 4.69) is 0 Å². The molecule has 8 heteroatoms. The minimum Gasteiger partial charge on any atom is -0.378 e. The molecule has 106 valence electrons. The first-order valence-electron chi connectivity index (χ1n) is 5.76. The summed E-state index contributed by atoms with van der Waals surface area (Å²) >= 11 is 0. The van der Waals surface area contributed by atoms with Crippen LogP contribution in [0.3, 0.4) is 0 Å². The summed E-state index contributed by atoms with van der Waals surface area (Å²) < 4.78 is 28.6. The molecule has 0 atom stereocenters. The lowest BCUT2D eigenvalue weighted by Gasteiger charge is -2.34. The van der Waals surface area contributed by atoms with Gasteiger partial charge in [0.2, 0.25) is 5.91 Å². The van der Waals surface area contributed by atoms with Crippen molar-refractivity contribution < 1.29 is 17.9 Å². The normalized spacial score (nSPS) is 19.0. The number of piperazine rings is 1. The van der Waals surface area contributed by atoms with E-state index in [1.807, 2.05) is 13.8 Å². The van der Waals surface area contributed by atoms with E-state index in [0.717, 1.165) is 0 Å². The number of methoxy groups -OCH3 is 1. The van der Waals surface area contributed by atoms with Crippen molar-refractivity contribution in [3.05, 3.63) is 0 Å². The lowest BCUT2D eigenvalue weighted by atomic mass is 10.0. The average Bonchev–Trinajstić information content (AvgIpc) is 2.27. The van der Waals surface area contributed by atoms with Gasteiger partial charge in [-0.1, -0.05) is 0 Å². The molecule has 18 heavy (non-hydrogen) atoms. The van der Waals surface area contributed by atoms with Crippen LogP contribution in [0.4, 0.5) is 0 Å². The fraction of sp³-hybridized carbons (Fsp3) is 0.900. The number of hydrogen-bond donors (Lipinski definition) is 1. The molecule has 0 spiro atoms. The van der Waals surface area contributed by atoms with Gasteiger partial charge in [0.15, 0.2) is 0 Å². The van der Waals surface area contributed by atoms with E-state index in [1.54, 1.807) is 12.0 Å². The summed E-state index contributed by atoms with van der Waals surface area (Å²) in [6.45, 7) is 4.91. The molecule has 0 radical (unpaired) electrons. The van der Waals surface area contributed by atoms with E-state index in [0.29, 0.717) is 13.1 Å². The van der Waals surface area contributed by atoms with Crippen LogP contribution in [0.5, 0.6) is 0 Å². The maximum absolute atomic E-state index is 12.0. The fourth-order valence-corrected chi connectivity index (χ4v) is 2.41. The molecule has 0 aromatic heterocycles. The average molecular weight is 279 g/mol. The molecule has 0 bridgehead atoms. The third kappa shape index (κ3) is 4.20. The van der Waals surface area contributed by atoms with E-state index in [-0.39, 0.29) is 25.4 Å². The van der Waals surface area contributed by atoms with Crippen molar-refractivity contribution in [2.24, 2.45) is 5.14 Å². The summed E-state index contributed by atoms with van der Waals surface area (Å²) in [5.41, 5.74) is -0.506. The van der Waals surface area contributed by atoms with Gasteiger partial charge < -0.3 is 9.64 Å². The molecule has 0 saturated carbocycles. The van der Waals surface area contributed by atoms with Gasteiger partial charge in [-0.25, -0.2) is 5.14 Å². The Kier molecular flexibility index (Phi) is 4.71. The van der Waals surface area contributed by atoms with Gasteiger partial charge in [-0.05, 0) is 13.8 Å². The van der Waals surface area contributed by atoms with Crippen molar-refractivity contribution in [2.75, 3.05) is 33.3 Å². The largest absolute Gasteiger partial charge is 0.378 e. The monoisotopic (exact) mass is 279 g/mol. The van der Waals surface area contributed by atoms with Crippen LogP contribution in [0.2, 0.25) is 0 Å². The molecule has 0 aromatic rings. The summed E-state index contributed by atoms with van der Waals surface area (Å²) in [6.07, 6.45) is 0.277. The van der Waals surface area contributed by atoms with Gasteiger partial charge in [0.1, 0.15) is 0 Å². The molecule has 1 aliphatic heterocycles. The first kappa shape index (κ1) is 15.4. The SMILES string of the molecule is COC(C)(C)CC(=O)N1CCN(S(N)(=O)=O)CC1. The second-order valence-electron chi connectivity index (χ2n) is 4.97. The molecule has 7 nitrogen and oxygen atoms in total. The van der Waals surface area contributed by atoms with Crippen molar-refractivity contribution in [3.63, 3.8) is 0 Å². The number of hydrogen-bond acceptors (Lipinski definition) is 4. The summed E-state index contributed by atoms with van der Waals surface area (Å²) in [6, 6.07) is 0. The number of amides is 1. The van der Waals surface area contributed by atoms with Crippen LogP contribution < -0.4 is 5.14 Å². The Morgan fingerprint density at radius 3 is 2.17 bits per heavy atom. The first-order chi connectivity index (χ1) is 8.15. The predicted molar refractivity (Wildman–Crippen MR) is 67.0 cm³/mol. The van der Waals surface area contributed by atoms with E-state index in [4.69, 9.17) is 9.88 Å². The van der Waals surface area contributed by atoms with Gasteiger partial charge >= 0.3 is 0 Å². The molecule has 1 aliphatic rings. The molecular formula is C10H21N3O4S. The fourth-order valence-electron chi connectivity index (χ4n) is 1.74.